The van der Waals surface area contributed by atoms with Crippen LogP contribution in [0.15, 0.2) is 0 Å². The Kier molecular flexibility index (Phi) is 5.06. The Bertz CT molecular complexity index is 283. The van der Waals surface area contributed by atoms with Crippen LogP contribution in [0.2, 0.25) is 0 Å². The summed E-state index contributed by atoms with van der Waals surface area (Å²) in [4.78, 5) is 22.3. The van der Waals surface area contributed by atoms with Crippen molar-refractivity contribution < 1.29 is 19.1 Å². The van der Waals surface area contributed by atoms with Gasteiger partial charge in [0.1, 0.15) is 0 Å². The lowest BCUT2D eigenvalue weighted by atomic mass is 9.83. The summed E-state index contributed by atoms with van der Waals surface area (Å²) in [5, 5.41) is 5.54. The molecule has 2 amide bonds. The number of hydrogen-bond donors (Lipinski definition) is 2. The second-order valence-electron chi connectivity index (χ2n) is 4.37. The van der Waals surface area contributed by atoms with E-state index in [9.17, 15) is 9.59 Å². The lowest BCUT2D eigenvalue weighted by molar-refractivity contribution is 0.144. The van der Waals surface area contributed by atoms with Crippen LogP contribution in [0.4, 0.5) is 9.59 Å². The highest BCUT2D eigenvalue weighted by Gasteiger charge is 2.29. The summed E-state index contributed by atoms with van der Waals surface area (Å²) in [5.74, 6) is 0.379. The molecule has 0 saturated heterocycles. The molecule has 98 valence electrons. The number of rotatable bonds is 2. The molecule has 2 N–H and O–H groups in total. The average molecular weight is 244 g/mol. The van der Waals surface area contributed by atoms with E-state index < -0.39 is 12.2 Å². The number of alkyl carbamates (subject to hydrolysis) is 2. The van der Waals surface area contributed by atoms with Crippen molar-refractivity contribution in [2.45, 2.75) is 38.3 Å². The molecule has 1 saturated carbocycles. The monoisotopic (exact) mass is 244 g/mol. The maximum atomic E-state index is 11.2. The number of methoxy groups -OCH3 is 2. The fourth-order valence-corrected chi connectivity index (χ4v) is 2.09. The fourth-order valence-electron chi connectivity index (χ4n) is 2.09. The predicted molar refractivity (Wildman–Crippen MR) is 61.7 cm³/mol. The van der Waals surface area contributed by atoms with Gasteiger partial charge in [-0.2, -0.15) is 0 Å². The summed E-state index contributed by atoms with van der Waals surface area (Å²) >= 11 is 0. The first-order chi connectivity index (χ1) is 8.06. The first-order valence-corrected chi connectivity index (χ1v) is 5.75. The number of amides is 2. The van der Waals surface area contributed by atoms with Gasteiger partial charge >= 0.3 is 12.2 Å². The first-order valence-electron chi connectivity index (χ1n) is 5.75. The van der Waals surface area contributed by atoms with E-state index in [0.717, 1.165) is 12.8 Å². The van der Waals surface area contributed by atoms with Crippen molar-refractivity contribution in [2.75, 3.05) is 14.2 Å². The largest absolute Gasteiger partial charge is 0.453 e. The normalized spacial score (nSPS) is 28.1. The van der Waals surface area contributed by atoms with Crippen LogP contribution in [0, 0.1) is 5.92 Å². The zero-order valence-electron chi connectivity index (χ0n) is 10.5. The quantitative estimate of drug-likeness (QED) is 0.766. The highest BCUT2D eigenvalue weighted by molar-refractivity contribution is 5.68. The van der Waals surface area contributed by atoms with Gasteiger partial charge in [0.25, 0.3) is 0 Å². The minimum absolute atomic E-state index is 0.0263. The molecule has 0 aromatic heterocycles. The van der Waals surface area contributed by atoms with Gasteiger partial charge in [-0.1, -0.05) is 6.92 Å². The molecule has 0 aliphatic heterocycles. The van der Waals surface area contributed by atoms with E-state index in [1.807, 2.05) is 0 Å². The maximum Gasteiger partial charge on any atom is 0.407 e. The van der Waals surface area contributed by atoms with Gasteiger partial charge in [-0.3, -0.25) is 0 Å². The Morgan fingerprint density at radius 3 is 2.24 bits per heavy atom. The molecule has 6 heteroatoms. The van der Waals surface area contributed by atoms with E-state index >= 15 is 0 Å². The van der Waals surface area contributed by atoms with Gasteiger partial charge in [0.15, 0.2) is 0 Å². The van der Waals surface area contributed by atoms with Crippen molar-refractivity contribution in [3.05, 3.63) is 0 Å². The van der Waals surface area contributed by atoms with E-state index in [-0.39, 0.29) is 12.1 Å². The first kappa shape index (κ1) is 13.6. The molecule has 1 fully saturated rings. The summed E-state index contributed by atoms with van der Waals surface area (Å²) < 4.78 is 9.13. The SMILES string of the molecule is COC(=O)NC1CCC(C)C(NC(=O)OC)C1. The second kappa shape index (κ2) is 6.32. The van der Waals surface area contributed by atoms with Gasteiger partial charge < -0.3 is 20.1 Å². The summed E-state index contributed by atoms with van der Waals surface area (Å²) in [6, 6.07) is 0.0687. The highest BCUT2D eigenvalue weighted by Crippen LogP contribution is 2.24. The second-order valence-corrected chi connectivity index (χ2v) is 4.37. The number of carbonyl (C=O) groups is 2. The van der Waals surface area contributed by atoms with E-state index in [4.69, 9.17) is 0 Å². The van der Waals surface area contributed by atoms with Crippen molar-refractivity contribution >= 4 is 12.2 Å². The number of carbonyl (C=O) groups excluding carboxylic acids is 2. The van der Waals surface area contributed by atoms with Crippen LogP contribution < -0.4 is 10.6 Å². The Balaban J connectivity index is 2.47. The molecule has 0 aromatic rings. The highest BCUT2D eigenvalue weighted by atomic mass is 16.5. The van der Waals surface area contributed by atoms with Gasteiger partial charge in [-0.15, -0.1) is 0 Å². The molecular weight excluding hydrogens is 224 g/mol. The van der Waals surface area contributed by atoms with Crippen molar-refractivity contribution in [3.8, 4) is 0 Å². The number of hydrogen-bond acceptors (Lipinski definition) is 4. The van der Waals surface area contributed by atoms with Gasteiger partial charge in [0.05, 0.1) is 14.2 Å². The smallest absolute Gasteiger partial charge is 0.407 e. The third-order valence-electron chi connectivity index (χ3n) is 3.19. The minimum Gasteiger partial charge on any atom is -0.453 e. The molecule has 3 atom stereocenters. The van der Waals surface area contributed by atoms with Crippen molar-refractivity contribution in [1.29, 1.82) is 0 Å². The molecule has 1 aliphatic carbocycles. The van der Waals surface area contributed by atoms with Crippen LogP contribution in [-0.4, -0.2) is 38.5 Å². The number of nitrogens with one attached hydrogen (secondary N) is 2. The minimum atomic E-state index is -0.430. The molecule has 6 nitrogen and oxygen atoms in total. The molecule has 0 heterocycles. The maximum absolute atomic E-state index is 11.2. The zero-order valence-corrected chi connectivity index (χ0v) is 10.5. The molecular formula is C11H20N2O4. The summed E-state index contributed by atoms with van der Waals surface area (Å²) in [7, 11) is 2.68. The molecule has 0 spiro atoms. The standard InChI is InChI=1S/C11H20N2O4/c1-7-4-5-8(12-10(14)16-2)6-9(7)13-11(15)17-3/h7-9H,4-6H2,1-3H3,(H,12,14)(H,13,15). The van der Waals surface area contributed by atoms with Crippen LogP contribution in [0.1, 0.15) is 26.2 Å². The van der Waals surface area contributed by atoms with E-state index in [2.05, 4.69) is 27.0 Å². The summed E-state index contributed by atoms with van der Waals surface area (Å²) in [5.41, 5.74) is 0. The van der Waals surface area contributed by atoms with Crippen LogP contribution in [0.5, 0.6) is 0 Å². The van der Waals surface area contributed by atoms with E-state index in [0.29, 0.717) is 12.3 Å². The van der Waals surface area contributed by atoms with Crippen molar-refractivity contribution in [3.63, 3.8) is 0 Å². The van der Waals surface area contributed by atoms with Crippen LogP contribution in [0.25, 0.3) is 0 Å². The Labute approximate surface area is 101 Å². The lowest BCUT2D eigenvalue weighted by Gasteiger charge is -2.34. The summed E-state index contributed by atoms with van der Waals surface area (Å²) in [6.45, 7) is 2.08. The Hall–Kier alpha value is -1.46. The van der Waals surface area contributed by atoms with Gasteiger partial charge in [0.2, 0.25) is 0 Å². The lowest BCUT2D eigenvalue weighted by Crippen LogP contribution is -2.49. The van der Waals surface area contributed by atoms with Gasteiger partial charge in [-0.05, 0) is 25.2 Å². The molecule has 0 aromatic carbocycles. The molecule has 0 radical (unpaired) electrons. The number of ether oxygens (including phenoxy) is 2. The predicted octanol–water partition coefficient (Wildman–Crippen LogP) is 1.26. The van der Waals surface area contributed by atoms with Crippen LogP contribution in [0.3, 0.4) is 0 Å². The van der Waals surface area contributed by atoms with Crippen LogP contribution in [-0.2, 0) is 9.47 Å². The Morgan fingerprint density at radius 2 is 1.65 bits per heavy atom. The summed E-state index contributed by atoms with van der Waals surface area (Å²) in [6.07, 6.45) is 1.69. The molecule has 1 rings (SSSR count). The topological polar surface area (TPSA) is 76.7 Å². The average Bonchev–Trinajstić information content (AvgIpc) is 2.33. The van der Waals surface area contributed by atoms with E-state index in [1.54, 1.807) is 0 Å². The molecule has 17 heavy (non-hydrogen) atoms. The third-order valence-corrected chi connectivity index (χ3v) is 3.19. The zero-order chi connectivity index (χ0) is 12.8. The molecule has 0 bridgehead atoms. The molecule has 1 aliphatic rings. The fraction of sp³-hybridized carbons (Fsp3) is 0.818. The van der Waals surface area contributed by atoms with Gasteiger partial charge in [-0.25, -0.2) is 9.59 Å². The van der Waals surface area contributed by atoms with Crippen molar-refractivity contribution in [1.82, 2.24) is 10.6 Å². The van der Waals surface area contributed by atoms with Crippen LogP contribution >= 0.6 is 0 Å². The Morgan fingerprint density at radius 1 is 1.06 bits per heavy atom. The van der Waals surface area contributed by atoms with Gasteiger partial charge in [0, 0.05) is 12.1 Å². The van der Waals surface area contributed by atoms with Crippen molar-refractivity contribution in [2.24, 2.45) is 5.92 Å². The molecule has 3 unspecified atom stereocenters. The third kappa shape index (κ3) is 4.13. The van der Waals surface area contributed by atoms with E-state index in [1.165, 1.54) is 14.2 Å².